The van der Waals surface area contributed by atoms with Gasteiger partial charge in [0, 0.05) is 12.1 Å². The van der Waals surface area contributed by atoms with Crippen LogP contribution in [0.2, 0.25) is 0 Å². The molecule has 26 heavy (non-hydrogen) atoms. The molecule has 130 valence electrons. The zero-order valence-corrected chi connectivity index (χ0v) is 13.8. The van der Waals surface area contributed by atoms with Crippen LogP contribution in [0.5, 0.6) is 0 Å². The smallest absolute Gasteiger partial charge is 0.315 e. The highest BCUT2D eigenvalue weighted by molar-refractivity contribution is 5.75. The molecule has 0 spiro atoms. The molecule has 3 aromatic rings. The van der Waals surface area contributed by atoms with Gasteiger partial charge in [-0.15, -0.1) is 0 Å². The van der Waals surface area contributed by atoms with Crippen LogP contribution in [0, 0.1) is 17.1 Å². The largest absolute Gasteiger partial charge is 0.467 e. The van der Waals surface area contributed by atoms with E-state index in [4.69, 9.17) is 9.68 Å². The van der Waals surface area contributed by atoms with Gasteiger partial charge in [-0.25, -0.2) is 9.18 Å². The quantitative estimate of drug-likeness (QED) is 0.734. The van der Waals surface area contributed by atoms with Crippen LogP contribution in [0.3, 0.4) is 0 Å². The van der Waals surface area contributed by atoms with Gasteiger partial charge in [0.1, 0.15) is 17.6 Å². The Morgan fingerprint density at radius 2 is 1.96 bits per heavy atom. The van der Waals surface area contributed by atoms with Crippen LogP contribution in [-0.2, 0) is 6.54 Å². The molecular formula is C20H16FN3O2. The molecule has 1 aromatic heterocycles. The van der Waals surface area contributed by atoms with Gasteiger partial charge in [0.2, 0.25) is 0 Å². The zero-order chi connectivity index (χ0) is 18.4. The highest BCUT2D eigenvalue weighted by Gasteiger charge is 2.19. The lowest BCUT2D eigenvalue weighted by Gasteiger charge is -2.18. The number of nitrogens with zero attached hydrogens (tertiary/aromatic N) is 1. The first kappa shape index (κ1) is 17.2. The molecule has 0 aliphatic heterocycles. The number of carbonyl (C=O) groups excluding carboxylic acids is 1. The molecule has 0 saturated carbocycles. The monoisotopic (exact) mass is 349 g/mol. The number of carbonyl (C=O) groups is 1. The Kier molecular flexibility index (Phi) is 5.30. The third-order valence-electron chi connectivity index (χ3n) is 3.86. The van der Waals surface area contributed by atoms with E-state index in [1.54, 1.807) is 12.1 Å². The molecule has 0 fully saturated rings. The van der Waals surface area contributed by atoms with Crippen LogP contribution >= 0.6 is 0 Å². The average molecular weight is 349 g/mol. The van der Waals surface area contributed by atoms with Gasteiger partial charge in [-0.1, -0.05) is 36.4 Å². The second kappa shape index (κ2) is 7.99. The van der Waals surface area contributed by atoms with E-state index in [-0.39, 0.29) is 12.1 Å². The first-order valence-corrected chi connectivity index (χ1v) is 7.98. The molecule has 2 amide bonds. The molecule has 0 aliphatic carbocycles. The number of nitriles is 1. The van der Waals surface area contributed by atoms with E-state index in [0.29, 0.717) is 11.3 Å². The van der Waals surface area contributed by atoms with Crippen molar-refractivity contribution in [1.29, 1.82) is 5.26 Å². The fourth-order valence-corrected chi connectivity index (χ4v) is 2.54. The first-order valence-electron chi connectivity index (χ1n) is 7.98. The van der Waals surface area contributed by atoms with E-state index in [2.05, 4.69) is 10.6 Å². The molecule has 1 unspecified atom stereocenters. The molecule has 3 rings (SSSR count). The molecule has 0 aliphatic rings. The Hall–Kier alpha value is -3.59. The molecule has 5 nitrogen and oxygen atoms in total. The maximum Gasteiger partial charge on any atom is 0.315 e. The van der Waals surface area contributed by atoms with Crippen molar-refractivity contribution in [2.45, 2.75) is 12.6 Å². The van der Waals surface area contributed by atoms with Crippen LogP contribution in [-0.4, -0.2) is 6.03 Å². The number of amides is 2. The zero-order valence-electron chi connectivity index (χ0n) is 13.8. The third-order valence-corrected chi connectivity index (χ3v) is 3.86. The van der Waals surface area contributed by atoms with Crippen LogP contribution in [0.25, 0.3) is 0 Å². The minimum Gasteiger partial charge on any atom is -0.467 e. The first-order chi connectivity index (χ1) is 12.7. The normalized spacial score (nSPS) is 11.4. The van der Waals surface area contributed by atoms with Gasteiger partial charge < -0.3 is 15.1 Å². The van der Waals surface area contributed by atoms with Crippen molar-refractivity contribution in [3.8, 4) is 6.07 Å². The number of benzene rings is 2. The van der Waals surface area contributed by atoms with E-state index < -0.39 is 17.9 Å². The highest BCUT2D eigenvalue weighted by Crippen LogP contribution is 2.22. The highest BCUT2D eigenvalue weighted by atomic mass is 19.1. The van der Waals surface area contributed by atoms with Gasteiger partial charge in [-0.3, -0.25) is 0 Å². The van der Waals surface area contributed by atoms with Crippen molar-refractivity contribution in [2.24, 2.45) is 0 Å². The Morgan fingerprint density at radius 3 is 2.62 bits per heavy atom. The van der Waals surface area contributed by atoms with E-state index in [1.807, 2.05) is 36.4 Å². The van der Waals surface area contributed by atoms with E-state index in [1.165, 1.54) is 18.4 Å². The molecular weight excluding hydrogens is 333 g/mol. The Balaban J connectivity index is 1.68. The number of hydrogen-bond donors (Lipinski definition) is 2. The fourth-order valence-electron chi connectivity index (χ4n) is 2.54. The second-order valence-electron chi connectivity index (χ2n) is 5.60. The summed E-state index contributed by atoms with van der Waals surface area (Å²) in [6.07, 6.45) is 1.54. The van der Waals surface area contributed by atoms with Gasteiger partial charge in [0.15, 0.2) is 0 Å². The van der Waals surface area contributed by atoms with Crippen LogP contribution < -0.4 is 10.6 Å². The summed E-state index contributed by atoms with van der Waals surface area (Å²) in [5.41, 5.74) is 1.40. The standard InChI is InChI=1S/C20H16FN3O2/c21-17-11-14(12-22)8-9-16(17)13-23-20(25)24-19(18-7-4-10-26-18)15-5-2-1-3-6-15/h1-11,19H,13H2,(H2,23,24,25). The predicted molar refractivity (Wildman–Crippen MR) is 93.5 cm³/mol. The number of rotatable bonds is 5. The van der Waals surface area contributed by atoms with Crippen molar-refractivity contribution in [3.05, 3.63) is 95.2 Å². The lowest BCUT2D eigenvalue weighted by atomic mass is 10.0. The predicted octanol–water partition coefficient (Wildman–Crippen LogP) is 3.88. The Bertz CT molecular complexity index is 918. The fraction of sp³-hybridized carbons (Fsp3) is 0.100. The summed E-state index contributed by atoms with van der Waals surface area (Å²) in [6, 6.07) is 18.0. The summed E-state index contributed by atoms with van der Waals surface area (Å²) in [6.45, 7) is 0.00302. The summed E-state index contributed by atoms with van der Waals surface area (Å²) >= 11 is 0. The molecule has 2 N–H and O–H groups in total. The molecule has 6 heteroatoms. The number of nitrogens with one attached hydrogen (secondary N) is 2. The molecule has 0 saturated heterocycles. The number of urea groups is 1. The molecule has 1 atom stereocenters. The molecule has 0 bridgehead atoms. The SMILES string of the molecule is N#Cc1ccc(CNC(=O)NC(c2ccccc2)c2ccco2)c(F)c1. The van der Waals surface area contributed by atoms with E-state index >= 15 is 0 Å². The van der Waals surface area contributed by atoms with Gasteiger partial charge >= 0.3 is 6.03 Å². The average Bonchev–Trinajstić information content (AvgIpc) is 3.20. The van der Waals surface area contributed by atoms with Gasteiger partial charge in [-0.2, -0.15) is 5.26 Å². The second-order valence-corrected chi connectivity index (χ2v) is 5.60. The lowest BCUT2D eigenvalue weighted by Crippen LogP contribution is -2.38. The third kappa shape index (κ3) is 4.08. The van der Waals surface area contributed by atoms with Crippen LogP contribution in [0.1, 0.15) is 28.5 Å². The summed E-state index contributed by atoms with van der Waals surface area (Å²) in [5, 5.41) is 14.2. The lowest BCUT2D eigenvalue weighted by molar-refractivity contribution is 0.236. The van der Waals surface area contributed by atoms with E-state index in [0.717, 1.165) is 11.6 Å². The number of halogens is 1. The molecule has 2 aromatic carbocycles. The van der Waals surface area contributed by atoms with Gasteiger partial charge in [0.25, 0.3) is 0 Å². The summed E-state index contributed by atoms with van der Waals surface area (Å²) < 4.78 is 19.3. The maximum absolute atomic E-state index is 13.9. The Labute approximate surface area is 150 Å². The van der Waals surface area contributed by atoms with Crippen molar-refractivity contribution in [3.63, 3.8) is 0 Å². The maximum atomic E-state index is 13.9. The Morgan fingerprint density at radius 1 is 1.15 bits per heavy atom. The number of hydrogen-bond acceptors (Lipinski definition) is 3. The van der Waals surface area contributed by atoms with Crippen molar-refractivity contribution in [1.82, 2.24) is 10.6 Å². The molecule has 0 radical (unpaired) electrons. The molecule has 1 heterocycles. The van der Waals surface area contributed by atoms with Crippen molar-refractivity contribution >= 4 is 6.03 Å². The topological polar surface area (TPSA) is 78.1 Å². The van der Waals surface area contributed by atoms with Gasteiger partial charge in [-0.05, 0) is 29.8 Å². The van der Waals surface area contributed by atoms with E-state index in [9.17, 15) is 9.18 Å². The summed E-state index contributed by atoms with van der Waals surface area (Å²) in [5.74, 6) is 0.0610. The summed E-state index contributed by atoms with van der Waals surface area (Å²) in [4.78, 5) is 12.3. The van der Waals surface area contributed by atoms with Crippen molar-refractivity contribution < 1.29 is 13.6 Å². The van der Waals surface area contributed by atoms with Crippen LogP contribution in [0.4, 0.5) is 9.18 Å². The van der Waals surface area contributed by atoms with Crippen molar-refractivity contribution in [2.75, 3.05) is 0 Å². The van der Waals surface area contributed by atoms with Crippen LogP contribution in [0.15, 0.2) is 71.3 Å². The minimum absolute atomic E-state index is 0.00302. The van der Waals surface area contributed by atoms with Gasteiger partial charge in [0.05, 0.1) is 17.9 Å². The minimum atomic E-state index is -0.532. The summed E-state index contributed by atoms with van der Waals surface area (Å²) in [7, 11) is 0. The number of furan rings is 1.